The minimum absolute atomic E-state index is 0.259. The van der Waals surface area contributed by atoms with Crippen LogP contribution in [0.3, 0.4) is 0 Å². The molecular weight excluding hydrogens is 247 g/mol. The smallest absolute Gasteiger partial charge is 0.271 e. The predicted molar refractivity (Wildman–Crippen MR) is 69.1 cm³/mol. The van der Waals surface area contributed by atoms with Crippen molar-refractivity contribution in [2.24, 2.45) is 0 Å². The molecule has 0 spiro atoms. The van der Waals surface area contributed by atoms with Crippen LogP contribution in [0.4, 0.5) is 10.2 Å². The van der Waals surface area contributed by atoms with Crippen molar-refractivity contribution in [2.75, 3.05) is 12.4 Å². The molecule has 1 aromatic heterocycles. The first kappa shape index (κ1) is 12.9. The molecule has 0 aliphatic rings. The average molecular weight is 260 g/mol. The van der Waals surface area contributed by atoms with Gasteiger partial charge in [-0.15, -0.1) is 10.2 Å². The Balaban J connectivity index is 1.96. The summed E-state index contributed by atoms with van der Waals surface area (Å²) < 4.78 is 12.7. The summed E-state index contributed by atoms with van der Waals surface area (Å²) >= 11 is 0. The molecule has 0 unspecified atom stereocenters. The quantitative estimate of drug-likeness (QED) is 0.876. The van der Waals surface area contributed by atoms with E-state index in [2.05, 4.69) is 20.8 Å². The molecule has 0 aliphatic carbocycles. The van der Waals surface area contributed by atoms with Crippen LogP contribution < -0.4 is 10.6 Å². The second kappa shape index (κ2) is 5.90. The summed E-state index contributed by atoms with van der Waals surface area (Å²) in [5.41, 5.74) is 1.19. The zero-order chi connectivity index (χ0) is 13.7. The van der Waals surface area contributed by atoms with Crippen LogP contribution in [0.15, 0.2) is 36.4 Å². The van der Waals surface area contributed by atoms with Crippen LogP contribution in [0.2, 0.25) is 0 Å². The third-order valence-corrected chi connectivity index (χ3v) is 2.51. The number of halogens is 1. The van der Waals surface area contributed by atoms with E-state index in [0.717, 1.165) is 5.56 Å². The van der Waals surface area contributed by atoms with Crippen LogP contribution in [-0.4, -0.2) is 23.2 Å². The van der Waals surface area contributed by atoms with Gasteiger partial charge in [0.15, 0.2) is 5.69 Å². The van der Waals surface area contributed by atoms with Crippen molar-refractivity contribution in [3.63, 3.8) is 0 Å². The van der Waals surface area contributed by atoms with Crippen molar-refractivity contribution in [1.82, 2.24) is 15.5 Å². The largest absolute Gasteiger partial charge is 0.365 e. The SMILES string of the molecule is CNC(=O)c1ccc(NCc2ccc(F)cc2)nn1. The fraction of sp³-hybridized carbons (Fsp3) is 0.154. The van der Waals surface area contributed by atoms with E-state index in [1.165, 1.54) is 19.2 Å². The first-order valence-electron chi connectivity index (χ1n) is 5.73. The molecule has 19 heavy (non-hydrogen) atoms. The van der Waals surface area contributed by atoms with Gasteiger partial charge >= 0.3 is 0 Å². The average Bonchev–Trinajstić information content (AvgIpc) is 2.46. The Hall–Kier alpha value is -2.50. The number of rotatable bonds is 4. The Labute approximate surface area is 109 Å². The second-order valence-corrected chi connectivity index (χ2v) is 3.86. The minimum Gasteiger partial charge on any atom is -0.365 e. The van der Waals surface area contributed by atoms with Crippen molar-refractivity contribution in [3.8, 4) is 0 Å². The topological polar surface area (TPSA) is 66.9 Å². The Kier molecular flexibility index (Phi) is 4.02. The zero-order valence-electron chi connectivity index (χ0n) is 10.4. The zero-order valence-corrected chi connectivity index (χ0v) is 10.4. The van der Waals surface area contributed by atoms with Crippen LogP contribution in [-0.2, 0) is 6.54 Å². The monoisotopic (exact) mass is 260 g/mol. The first-order chi connectivity index (χ1) is 9.19. The van der Waals surface area contributed by atoms with Crippen molar-refractivity contribution >= 4 is 11.7 Å². The number of hydrogen-bond donors (Lipinski definition) is 2. The van der Waals surface area contributed by atoms with Crippen molar-refractivity contribution in [2.45, 2.75) is 6.54 Å². The lowest BCUT2D eigenvalue weighted by atomic mass is 10.2. The Morgan fingerprint density at radius 1 is 1.16 bits per heavy atom. The number of amides is 1. The summed E-state index contributed by atoms with van der Waals surface area (Å²) in [6.07, 6.45) is 0. The molecule has 2 N–H and O–H groups in total. The van der Waals surface area contributed by atoms with Crippen LogP contribution in [0.25, 0.3) is 0 Å². The van der Waals surface area contributed by atoms with Gasteiger partial charge in [-0.05, 0) is 29.8 Å². The van der Waals surface area contributed by atoms with E-state index >= 15 is 0 Å². The van der Waals surface area contributed by atoms with Gasteiger partial charge in [0, 0.05) is 13.6 Å². The van der Waals surface area contributed by atoms with Crippen molar-refractivity contribution in [1.29, 1.82) is 0 Å². The lowest BCUT2D eigenvalue weighted by Gasteiger charge is -2.05. The number of carbonyl (C=O) groups is 1. The maximum absolute atomic E-state index is 12.7. The molecule has 1 amide bonds. The normalized spacial score (nSPS) is 10.0. The highest BCUT2D eigenvalue weighted by Crippen LogP contribution is 2.07. The second-order valence-electron chi connectivity index (χ2n) is 3.86. The fourth-order valence-electron chi connectivity index (χ4n) is 1.47. The van der Waals surface area contributed by atoms with Crippen molar-refractivity contribution < 1.29 is 9.18 Å². The maximum Gasteiger partial charge on any atom is 0.271 e. The number of hydrogen-bond acceptors (Lipinski definition) is 4. The highest BCUT2D eigenvalue weighted by Gasteiger charge is 2.05. The maximum atomic E-state index is 12.7. The molecule has 0 aliphatic heterocycles. The van der Waals surface area contributed by atoms with Gasteiger partial charge in [0.2, 0.25) is 0 Å². The molecule has 6 heteroatoms. The molecule has 1 aromatic carbocycles. The number of aromatic nitrogens is 2. The highest BCUT2D eigenvalue weighted by atomic mass is 19.1. The lowest BCUT2D eigenvalue weighted by molar-refractivity contribution is 0.0957. The molecule has 0 saturated heterocycles. The third-order valence-electron chi connectivity index (χ3n) is 2.51. The highest BCUT2D eigenvalue weighted by molar-refractivity contribution is 5.91. The van der Waals surface area contributed by atoms with Gasteiger partial charge in [0.05, 0.1) is 0 Å². The van der Waals surface area contributed by atoms with Gasteiger partial charge in [-0.2, -0.15) is 0 Å². The van der Waals surface area contributed by atoms with E-state index in [4.69, 9.17) is 0 Å². The molecule has 0 radical (unpaired) electrons. The molecule has 0 bridgehead atoms. The Morgan fingerprint density at radius 2 is 1.89 bits per heavy atom. The van der Waals surface area contributed by atoms with Gasteiger partial charge in [-0.1, -0.05) is 12.1 Å². The molecule has 98 valence electrons. The summed E-state index contributed by atoms with van der Waals surface area (Å²) in [5, 5.41) is 13.2. The number of nitrogens with zero attached hydrogens (tertiary/aromatic N) is 2. The van der Waals surface area contributed by atoms with Crippen LogP contribution in [0.5, 0.6) is 0 Å². The summed E-state index contributed by atoms with van der Waals surface area (Å²) in [6.45, 7) is 0.508. The fourth-order valence-corrected chi connectivity index (χ4v) is 1.47. The summed E-state index contributed by atoms with van der Waals surface area (Å²) in [7, 11) is 1.53. The van der Waals surface area contributed by atoms with E-state index in [9.17, 15) is 9.18 Å². The van der Waals surface area contributed by atoms with Gasteiger partial charge < -0.3 is 10.6 Å². The molecule has 2 aromatic rings. The number of anilines is 1. The van der Waals surface area contributed by atoms with Gasteiger partial charge in [0.25, 0.3) is 5.91 Å². The minimum atomic E-state index is -0.280. The van der Waals surface area contributed by atoms with E-state index in [-0.39, 0.29) is 17.4 Å². The van der Waals surface area contributed by atoms with Crippen LogP contribution >= 0.6 is 0 Å². The lowest BCUT2D eigenvalue weighted by Crippen LogP contribution is -2.19. The van der Waals surface area contributed by atoms with E-state index in [1.807, 2.05) is 0 Å². The molecule has 5 nitrogen and oxygen atoms in total. The first-order valence-corrected chi connectivity index (χ1v) is 5.73. The Bertz CT molecular complexity index is 554. The van der Waals surface area contributed by atoms with Gasteiger partial charge in [-0.3, -0.25) is 4.79 Å². The summed E-state index contributed by atoms with van der Waals surface area (Å²) in [6, 6.07) is 9.43. The van der Waals surface area contributed by atoms with E-state index < -0.39 is 0 Å². The summed E-state index contributed by atoms with van der Waals surface area (Å²) in [4.78, 5) is 11.3. The predicted octanol–water partition coefficient (Wildman–Crippen LogP) is 1.59. The van der Waals surface area contributed by atoms with E-state index in [0.29, 0.717) is 12.4 Å². The van der Waals surface area contributed by atoms with Crippen LogP contribution in [0.1, 0.15) is 16.1 Å². The third kappa shape index (κ3) is 3.48. The summed E-state index contributed by atoms with van der Waals surface area (Å²) in [5.74, 6) is 0.00744. The molecule has 0 fully saturated rings. The van der Waals surface area contributed by atoms with E-state index in [1.54, 1.807) is 24.3 Å². The van der Waals surface area contributed by atoms with Crippen molar-refractivity contribution in [3.05, 3.63) is 53.5 Å². The van der Waals surface area contributed by atoms with Gasteiger partial charge in [-0.25, -0.2) is 4.39 Å². The van der Waals surface area contributed by atoms with Gasteiger partial charge in [0.1, 0.15) is 11.6 Å². The molecule has 2 rings (SSSR count). The number of benzene rings is 1. The molecule has 0 atom stereocenters. The molecule has 0 saturated carbocycles. The molecular formula is C13H13FN4O. The number of nitrogens with one attached hydrogen (secondary N) is 2. The standard InChI is InChI=1S/C13H13FN4O/c1-15-13(19)11-6-7-12(18-17-11)16-8-9-2-4-10(14)5-3-9/h2-7H,8H2,1H3,(H,15,19)(H,16,18). The van der Waals surface area contributed by atoms with Crippen LogP contribution in [0, 0.1) is 5.82 Å². The Morgan fingerprint density at radius 3 is 2.47 bits per heavy atom. The molecule has 1 heterocycles. The number of carbonyl (C=O) groups excluding carboxylic acids is 1.